The van der Waals surface area contributed by atoms with Gasteiger partial charge in [0.25, 0.3) is 0 Å². The highest BCUT2D eigenvalue weighted by Crippen LogP contribution is 2.65. The van der Waals surface area contributed by atoms with Gasteiger partial charge in [-0.1, -0.05) is 32.0 Å². The van der Waals surface area contributed by atoms with Gasteiger partial charge < -0.3 is 19.5 Å². The lowest BCUT2D eigenvalue weighted by Gasteiger charge is -2.64. The Kier molecular flexibility index (Phi) is 3.26. The summed E-state index contributed by atoms with van der Waals surface area (Å²) in [5, 5.41) is 1.13. The maximum Gasteiger partial charge on any atom is 0.475 e. The number of rotatable bonds is 3. The van der Waals surface area contributed by atoms with Crippen molar-refractivity contribution in [3.05, 3.63) is 36.1 Å². The van der Waals surface area contributed by atoms with Gasteiger partial charge in [-0.2, -0.15) is 0 Å². The Morgan fingerprint density at radius 3 is 2.84 bits per heavy atom. The first-order valence-corrected chi connectivity index (χ1v) is 9.43. The van der Waals surface area contributed by atoms with E-state index in [1.165, 1.54) is 6.42 Å². The fourth-order valence-corrected chi connectivity index (χ4v) is 5.62. The summed E-state index contributed by atoms with van der Waals surface area (Å²) in [5.74, 6) is 1.13. The predicted octanol–water partition coefficient (Wildman–Crippen LogP) is 3.57. The molecular formula is C20H26BNO3. The molecule has 5 heteroatoms. The maximum absolute atomic E-state index is 6.51. The molecule has 0 radical (unpaired) electrons. The third-order valence-corrected chi connectivity index (χ3v) is 7.34. The molecule has 4 fully saturated rings. The molecule has 25 heavy (non-hydrogen) atoms. The van der Waals surface area contributed by atoms with Crippen LogP contribution in [0.2, 0.25) is 0 Å². The van der Waals surface area contributed by atoms with Crippen LogP contribution in [-0.4, -0.2) is 24.8 Å². The minimum atomic E-state index is -0.334. The van der Waals surface area contributed by atoms with Crippen LogP contribution in [0.25, 0.3) is 11.0 Å². The predicted molar refractivity (Wildman–Crippen MR) is 98.0 cm³/mol. The molecule has 1 saturated heterocycles. The normalized spacial score (nSPS) is 37.0. The SMILES string of the molecule is CC1(C)[C@@H]2C[C@H]3OB([C@H](N)Cc4coc5ccccc45)O[C@@]3(C)[C@H]1C2. The van der Waals surface area contributed by atoms with Crippen molar-refractivity contribution in [3.8, 4) is 0 Å². The van der Waals surface area contributed by atoms with E-state index in [4.69, 9.17) is 19.5 Å². The summed E-state index contributed by atoms with van der Waals surface area (Å²) in [5.41, 5.74) is 8.70. The summed E-state index contributed by atoms with van der Waals surface area (Å²) in [7, 11) is -0.334. The number of para-hydroxylation sites is 1. The van der Waals surface area contributed by atoms with Gasteiger partial charge in [0.05, 0.1) is 18.0 Å². The summed E-state index contributed by atoms with van der Waals surface area (Å²) >= 11 is 0. The van der Waals surface area contributed by atoms with Crippen molar-refractivity contribution < 1.29 is 13.7 Å². The van der Waals surface area contributed by atoms with Crippen molar-refractivity contribution in [1.82, 2.24) is 0 Å². The zero-order valence-corrected chi connectivity index (χ0v) is 15.2. The first-order valence-electron chi connectivity index (χ1n) is 9.43. The molecular weight excluding hydrogens is 313 g/mol. The second kappa shape index (κ2) is 5.12. The Balaban J connectivity index is 1.35. The standard InChI is InChI=1S/C20H26BNO3/c1-19(2)13-9-16(19)20(3)17(10-13)24-21(25-20)18(22)8-12-11-23-15-7-5-4-6-14(12)15/h4-7,11,13,16-18H,8-10,22H2,1-3H3/t13-,16-,17+,18+,20-/m0/s1. The lowest BCUT2D eigenvalue weighted by atomic mass is 9.43. The molecule has 4 nitrogen and oxygen atoms in total. The zero-order chi connectivity index (χ0) is 17.4. The van der Waals surface area contributed by atoms with E-state index in [1.54, 1.807) is 0 Å². The number of hydrogen-bond donors (Lipinski definition) is 1. The topological polar surface area (TPSA) is 57.6 Å². The molecule has 3 saturated carbocycles. The van der Waals surface area contributed by atoms with Gasteiger partial charge in [-0.25, -0.2) is 0 Å². The van der Waals surface area contributed by atoms with Crippen LogP contribution in [0, 0.1) is 17.3 Å². The Bertz CT molecular complexity index is 818. The molecule has 1 aliphatic heterocycles. The summed E-state index contributed by atoms with van der Waals surface area (Å²) < 4.78 is 18.4. The van der Waals surface area contributed by atoms with E-state index in [1.807, 2.05) is 24.5 Å². The van der Waals surface area contributed by atoms with Gasteiger partial charge >= 0.3 is 7.12 Å². The molecule has 0 spiro atoms. The fraction of sp³-hybridized carbons (Fsp3) is 0.600. The van der Waals surface area contributed by atoms with Gasteiger partial charge in [-0.05, 0) is 55.1 Å². The Morgan fingerprint density at radius 1 is 1.24 bits per heavy atom. The minimum Gasteiger partial charge on any atom is -0.464 e. The molecule has 132 valence electrons. The summed E-state index contributed by atoms with van der Waals surface area (Å²) in [6.07, 6.45) is 5.05. The van der Waals surface area contributed by atoms with E-state index in [2.05, 4.69) is 26.8 Å². The number of benzene rings is 1. The van der Waals surface area contributed by atoms with Crippen LogP contribution in [-0.2, 0) is 15.7 Å². The van der Waals surface area contributed by atoms with E-state index in [-0.39, 0.29) is 24.8 Å². The lowest BCUT2D eigenvalue weighted by Crippen LogP contribution is -2.65. The molecule has 2 heterocycles. The third-order valence-electron chi connectivity index (χ3n) is 7.34. The average molecular weight is 339 g/mol. The number of hydrogen-bond acceptors (Lipinski definition) is 4. The fourth-order valence-electron chi connectivity index (χ4n) is 5.62. The van der Waals surface area contributed by atoms with Crippen LogP contribution in [0.5, 0.6) is 0 Å². The van der Waals surface area contributed by atoms with Crippen LogP contribution in [0.4, 0.5) is 0 Å². The van der Waals surface area contributed by atoms with Crippen molar-refractivity contribution in [2.75, 3.05) is 0 Å². The highest BCUT2D eigenvalue weighted by Gasteiger charge is 2.68. The van der Waals surface area contributed by atoms with Crippen molar-refractivity contribution in [2.45, 2.75) is 57.7 Å². The monoisotopic (exact) mass is 339 g/mol. The van der Waals surface area contributed by atoms with E-state index < -0.39 is 0 Å². The smallest absolute Gasteiger partial charge is 0.464 e. The van der Waals surface area contributed by atoms with Gasteiger partial charge in [0, 0.05) is 11.3 Å². The van der Waals surface area contributed by atoms with Gasteiger partial charge in [0.1, 0.15) is 5.58 Å². The minimum absolute atomic E-state index is 0.182. The third kappa shape index (κ3) is 2.12. The van der Waals surface area contributed by atoms with Crippen molar-refractivity contribution in [1.29, 1.82) is 0 Å². The molecule has 2 N–H and O–H groups in total. The molecule has 0 amide bonds. The van der Waals surface area contributed by atoms with E-state index >= 15 is 0 Å². The largest absolute Gasteiger partial charge is 0.475 e. The van der Waals surface area contributed by atoms with E-state index in [9.17, 15) is 0 Å². The highest BCUT2D eigenvalue weighted by atomic mass is 16.7. The molecule has 1 aromatic heterocycles. The van der Waals surface area contributed by atoms with Crippen LogP contribution in [0.3, 0.4) is 0 Å². The second-order valence-corrected chi connectivity index (χ2v) is 8.96. The number of fused-ring (bicyclic) bond motifs is 1. The molecule has 4 aliphatic rings. The number of furan rings is 1. The molecule has 3 aliphatic carbocycles. The Labute approximate surface area is 149 Å². The first-order chi connectivity index (χ1) is 11.9. The molecule has 6 rings (SSSR count). The van der Waals surface area contributed by atoms with Crippen LogP contribution >= 0.6 is 0 Å². The summed E-state index contributed by atoms with van der Waals surface area (Å²) in [6.45, 7) is 6.99. The zero-order valence-electron chi connectivity index (χ0n) is 15.2. The lowest BCUT2D eigenvalue weighted by molar-refractivity contribution is -0.199. The molecule has 2 aromatic rings. The Hall–Kier alpha value is -1.30. The summed E-state index contributed by atoms with van der Waals surface area (Å²) in [6, 6.07) is 8.08. The van der Waals surface area contributed by atoms with Gasteiger partial charge in [-0.3, -0.25) is 0 Å². The van der Waals surface area contributed by atoms with Gasteiger partial charge in [0.2, 0.25) is 0 Å². The van der Waals surface area contributed by atoms with Crippen LogP contribution < -0.4 is 5.73 Å². The quantitative estimate of drug-likeness (QED) is 0.869. The number of nitrogens with two attached hydrogens (primary N) is 1. The van der Waals surface area contributed by atoms with Gasteiger partial charge in [-0.15, -0.1) is 0 Å². The highest BCUT2D eigenvalue weighted by molar-refractivity contribution is 6.47. The summed E-state index contributed by atoms with van der Waals surface area (Å²) in [4.78, 5) is 0. The first kappa shape index (κ1) is 15.9. The Morgan fingerprint density at radius 2 is 2.04 bits per heavy atom. The van der Waals surface area contributed by atoms with Crippen molar-refractivity contribution in [3.63, 3.8) is 0 Å². The molecule has 2 bridgehead atoms. The van der Waals surface area contributed by atoms with E-state index in [0.717, 1.165) is 28.9 Å². The molecule has 0 unspecified atom stereocenters. The maximum atomic E-state index is 6.51. The van der Waals surface area contributed by atoms with Crippen LogP contribution in [0.1, 0.15) is 39.2 Å². The van der Waals surface area contributed by atoms with Crippen molar-refractivity contribution >= 4 is 18.1 Å². The second-order valence-electron chi connectivity index (χ2n) is 8.96. The van der Waals surface area contributed by atoms with Crippen LogP contribution in [0.15, 0.2) is 34.9 Å². The van der Waals surface area contributed by atoms with E-state index in [0.29, 0.717) is 17.8 Å². The molecule has 1 aromatic carbocycles. The average Bonchev–Trinajstić information content (AvgIpc) is 3.15. The van der Waals surface area contributed by atoms with Gasteiger partial charge in [0.15, 0.2) is 0 Å². The molecule has 5 atom stereocenters. The van der Waals surface area contributed by atoms with Crippen molar-refractivity contribution in [2.24, 2.45) is 23.0 Å².